The summed E-state index contributed by atoms with van der Waals surface area (Å²) >= 11 is 0. The number of benzene rings is 1. The maximum atomic E-state index is 13.2. The van der Waals surface area contributed by atoms with Gasteiger partial charge in [0.05, 0.1) is 6.20 Å². The van der Waals surface area contributed by atoms with E-state index in [1.165, 1.54) is 18.2 Å². The highest BCUT2D eigenvalue weighted by atomic mass is 19.1. The van der Waals surface area contributed by atoms with Crippen molar-refractivity contribution in [3.05, 3.63) is 53.7 Å². The molecule has 2 N–H and O–H groups in total. The summed E-state index contributed by atoms with van der Waals surface area (Å²) in [7, 11) is 0. The van der Waals surface area contributed by atoms with Crippen molar-refractivity contribution in [2.24, 2.45) is 5.73 Å². The van der Waals surface area contributed by atoms with Crippen molar-refractivity contribution < 1.29 is 8.78 Å². The normalized spacial score (nSPS) is 10.5. The van der Waals surface area contributed by atoms with E-state index in [1.54, 1.807) is 12.1 Å². The van der Waals surface area contributed by atoms with E-state index in [1.807, 2.05) is 11.8 Å². The van der Waals surface area contributed by atoms with E-state index in [9.17, 15) is 8.78 Å². The van der Waals surface area contributed by atoms with E-state index in [2.05, 4.69) is 4.98 Å². The Bertz CT molecular complexity index is 555. The summed E-state index contributed by atoms with van der Waals surface area (Å²) < 4.78 is 26.1. The molecule has 2 rings (SSSR count). The monoisotopic (exact) mass is 263 g/mol. The quantitative estimate of drug-likeness (QED) is 0.922. The maximum absolute atomic E-state index is 13.2. The van der Waals surface area contributed by atoms with Crippen molar-refractivity contribution in [3.63, 3.8) is 0 Å². The summed E-state index contributed by atoms with van der Waals surface area (Å²) in [6.45, 7) is 2.75. The first kappa shape index (κ1) is 13.4. The Labute approximate surface area is 110 Å². The van der Waals surface area contributed by atoms with Gasteiger partial charge in [0.25, 0.3) is 0 Å². The van der Waals surface area contributed by atoms with Gasteiger partial charge in [-0.25, -0.2) is 13.8 Å². The lowest BCUT2D eigenvalue weighted by Crippen LogP contribution is -2.20. The Morgan fingerprint density at radius 2 is 1.84 bits per heavy atom. The number of rotatable bonds is 4. The number of nitrogens with two attached hydrogens (primary N) is 1. The van der Waals surface area contributed by atoms with Gasteiger partial charge in [-0.2, -0.15) is 0 Å². The third-order valence-corrected chi connectivity index (χ3v) is 2.84. The van der Waals surface area contributed by atoms with Crippen LogP contribution in [0, 0.1) is 11.6 Å². The van der Waals surface area contributed by atoms with Gasteiger partial charge in [0, 0.05) is 24.3 Å². The van der Waals surface area contributed by atoms with Crippen LogP contribution in [0.15, 0.2) is 36.5 Å². The molecule has 2 aromatic rings. The second kappa shape index (κ2) is 5.75. The van der Waals surface area contributed by atoms with Gasteiger partial charge in [-0.1, -0.05) is 0 Å². The van der Waals surface area contributed by atoms with Gasteiger partial charge in [0.1, 0.15) is 17.5 Å². The molecule has 0 aliphatic rings. The van der Waals surface area contributed by atoms with Gasteiger partial charge in [-0.05, 0) is 37.3 Å². The van der Waals surface area contributed by atoms with Crippen LogP contribution in [0.1, 0.15) is 12.5 Å². The fraction of sp³-hybridized carbons (Fsp3) is 0.214. The third kappa shape index (κ3) is 2.88. The zero-order chi connectivity index (χ0) is 13.8. The second-order valence-electron chi connectivity index (χ2n) is 4.06. The molecule has 0 saturated carbocycles. The van der Waals surface area contributed by atoms with Crippen molar-refractivity contribution in [1.82, 2.24) is 4.98 Å². The third-order valence-electron chi connectivity index (χ3n) is 2.84. The van der Waals surface area contributed by atoms with Gasteiger partial charge in [0.2, 0.25) is 0 Å². The van der Waals surface area contributed by atoms with Gasteiger partial charge in [-0.3, -0.25) is 0 Å². The van der Waals surface area contributed by atoms with Crippen LogP contribution in [0.4, 0.5) is 20.3 Å². The molecule has 0 radical (unpaired) electrons. The topological polar surface area (TPSA) is 42.2 Å². The Morgan fingerprint density at radius 1 is 1.16 bits per heavy atom. The molecular weight excluding hydrogens is 248 g/mol. The van der Waals surface area contributed by atoms with E-state index in [0.29, 0.717) is 17.9 Å². The summed E-state index contributed by atoms with van der Waals surface area (Å²) in [5.74, 6) is -0.122. The molecule has 1 aromatic carbocycles. The van der Waals surface area contributed by atoms with Crippen LogP contribution in [0.3, 0.4) is 0 Å². The highest BCUT2D eigenvalue weighted by molar-refractivity contribution is 5.62. The molecule has 0 spiro atoms. The number of nitrogens with zero attached hydrogens (tertiary/aromatic N) is 2. The smallest absolute Gasteiger partial charge is 0.141 e. The largest absolute Gasteiger partial charge is 0.326 e. The Kier molecular flexibility index (Phi) is 4.06. The lowest BCUT2D eigenvalue weighted by Gasteiger charge is -2.24. The molecule has 0 aliphatic heterocycles. The van der Waals surface area contributed by atoms with E-state index in [-0.39, 0.29) is 12.4 Å². The van der Waals surface area contributed by atoms with Crippen LogP contribution in [0.5, 0.6) is 0 Å². The van der Waals surface area contributed by atoms with Gasteiger partial charge in [-0.15, -0.1) is 0 Å². The molecule has 1 aromatic heterocycles. The summed E-state index contributed by atoms with van der Waals surface area (Å²) in [6.07, 6.45) is 1.15. The number of aromatic nitrogens is 1. The number of hydrogen-bond acceptors (Lipinski definition) is 3. The van der Waals surface area contributed by atoms with Crippen molar-refractivity contribution >= 4 is 11.5 Å². The summed E-state index contributed by atoms with van der Waals surface area (Å²) in [5.41, 5.74) is 7.03. The molecule has 0 saturated heterocycles. The number of hydrogen-bond donors (Lipinski definition) is 1. The van der Waals surface area contributed by atoms with Gasteiger partial charge in [0.15, 0.2) is 0 Å². The van der Waals surface area contributed by atoms with Crippen LogP contribution in [-0.4, -0.2) is 11.5 Å². The molecule has 0 aliphatic carbocycles. The summed E-state index contributed by atoms with van der Waals surface area (Å²) in [6, 6.07) is 7.44. The minimum Gasteiger partial charge on any atom is -0.326 e. The first-order chi connectivity index (χ1) is 9.15. The highest BCUT2D eigenvalue weighted by Gasteiger charge is 2.13. The zero-order valence-corrected chi connectivity index (χ0v) is 10.6. The number of anilines is 2. The predicted molar refractivity (Wildman–Crippen MR) is 71.2 cm³/mol. The van der Waals surface area contributed by atoms with Crippen LogP contribution in [-0.2, 0) is 6.54 Å². The molecule has 0 bridgehead atoms. The number of halogens is 2. The molecule has 19 heavy (non-hydrogen) atoms. The average molecular weight is 263 g/mol. The fourth-order valence-electron chi connectivity index (χ4n) is 1.94. The zero-order valence-electron chi connectivity index (χ0n) is 10.6. The summed E-state index contributed by atoms with van der Waals surface area (Å²) in [5, 5.41) is 0. The molecule has 0 unspecified atom stereocenters. The number of pyridine rings is 1. The maximum Gasteiger partial charge on any atom is 0.141 e. The van der Waals surface area contributed by atoms with E-state index in [4.69, 9.17) is 5.73 Å². The molecule has 3 nitrogen and oxygen atoms in total. The highest BCUT2D eigenvalue weighted by Crippen LogP contribution is 2.26. The lowest BCUT2D eigenvalue weighted by atomic mass is 10.2. The molecule has 0 atom stereocenters. The standard InChI is InChI=1S/C14H15F2N3/c1-2-19(13-5-3-11(15)4-6-13)14-10(8-17)7-12(16)9-18-14/h3-7,9H,2,8,17H2,1H3. The minimum absolute atomic E-state index is 0.192. The molecule has 100 valence electrons. The van der Waals surface area contributed by atoms with Gasteiger partial charge >= 0.3 is 0 Å². The molecule has 5 heteroatoms. The van der Waals surface area contributed by atoms with Crippen LogP contribution in [0.2, 0.25) is 0 Å². The van der Waals surface area contributed by atoms with E-state index >= 15 is 0 Å². The molecule has 0 fully saturated rings. The molecular formula is C14H15F2N3. The first-order valence-electron chi connectivity index (χ1n) is 6.03. The van der Waals surface area contributed by atoms with Crippen molar-refractivity contribution in [2.45, 2.75) is 13.5 Å². The Morgan fingerprint density at radius 3 is 2.42 bits per heavy atom. The van der Waals surface area contributed by atoms with Crippen molar-refractivity contribution in [1.29, 1.82) is 0 Å². The first-order valence-corrected chi connectivity index (χ1v) is 6.03. The van der Waals surface area contributed by atoms with Crippen LogP contribution in [0.25, 0.3) is 0 Å². The van der Waals surface area contributed by atoms with Gasteiger partial charge < -0.3 is 10.6 Å². The molecule has 1 heterocycles. The predicted octanol–water partition coefficient (Wildman–Crippen LogP) is 2.98. The lowest BCUT2D eigenvalue weighted by molar-refractivity contribution is 0.618. The SMILES string of the molecule is CCN(c1ccc(F)cc1)c1ncc(F)cc1CN. The Balaban J connectivity index is 2.44. The van der Waals surface area contributed by atoms with Crippen molar-refractivity contribution in [3.8, 4) is 0 Å². The van der Waals surface area contributed by atoms with Crippen LogP contribution >= 0.6 is 0 Å². The average Bonchev–Trinajstić information content (AvgIpc) is 2.43. The Hall–Kier alpha value is -2.01. The minimum atomic E-state index is -0.417. The van der Waals surface area contributed by atoms with Crippen LogP contribution < -0.4 is 10.6 Å². The van der Waals surface area contributed by atoms with E-state index in [0.717, 1.165) is 11.9 Å². The van der Waals surface area contributed by atoms with Crippen molar-refractivity contribution in [2.75, 3.05) is 11.4 Å². The second-order valence-corrected chi connectivity index (χ2v) is 4.06. The fourth-order valence-corrected chi connectivity index (χ4v) is 1.94. The van der Waals surface area contributed by atoms with E-state index < -0.39 is 5.82 Å². The molecule has 0 amide bonds. The summed E-state index contributed by atoms with van der Waals surface area (Å²) in [4.78, 5) is 5.96.